The highest BCUT2D eigenvalue weighted by atomic mass is 16.2. The number of carbonyl (C=O) groups is 1. The van der Waals surface area contributed by atoms with Crippen molar-refractivity contribution in [2.24, 2.45) is 0 Å². The van der Waals surface area contributed by atoms with E-state index in [2.05, 4.69) is 15.6 Å². The third kappa shape index (κ3) is 4.01. The summed E-state index contributed by atoms with van der Waals surface area (Å²) < 4.78 is 1.44. The molecule has 0 bridgehead atoms. The van der Waals surface area contributed by atoms with E-state index in [1.807, 2.05) is 56.3 Å². The first-order valence-electron chi connectivity index (χ1n) is 10.1. The van der Waals surface area contributed by atoms with Gasteiger partial charge in [-0.1, -0.05) is 37.1 Å². The standard InChI is InChI=1S/C23H26N4O2/c1-15-8-7-12-19(16(15)2)25-21(28)14-27-20-13-6-5-11-18(20)22(26-23(27)29)24-17-9-3-4-10-17/h5-8,11-13,17H,3-4,9-10,14H2,1-2H3,(H,25,28)(H,24,26,29). The first kappa shape index (κ1) is 19.2. The maximum Gasteiger partial charge on any atom is 0.350 e. The molecule has 1 aliphatic carbocycles. The van der Waals surface area contributed by atoms with E-state index in [4.69, 9.17) is 0 Å². The molecule has 2 aromatic carbocycles. The number of aromatic nitrogens is 2. The first-order chi connectivity index (χ1) is 14.0. The quantitative estimate of drug-likeness (QED) is 0.690. The van der Waals surface area contributed by atoms with Crippen LogP contribution >= 0.6 is 0 Å². The van der Waals surface area contributed by atoms with E-state index in [-0.39, 0.29) is 12.5 Å². The van der Waals surface area contributed by atoms with Crippen LogP contribution in [0.3, 0.4) is 0 Å². The summed E-state index contributed by atoms with van der Waals surface area (Å²) in [5, 5.41) is 7.22. The van der Waals surface area contributed by atoms with Gasteiger partial charge in [0.1, 0.15) is 12.4 Å². The molecule has 1 aliphatic rings. The van der Waals surface area contributed by atoms with E-state index in [9.17, 15) is 9.59 Å². The highest BCUT2D eigenvalue weighted by molar-refractivity contribution is 5.94. The highest BCUT2D eigenvalue weighted by Gasteiger charge is 2.19. The van der Waals surface area contributed by atoms with Gasteiger partial charge in [-0.3, -0.25) is 9.36 Å². The van der Waals surface area contributed by atoms with Crippen molar-refractivity contribution in [2.75, 3.05) is 10.6 Å². The van der Waals surface area contributed by atoms with Crippen molar-refractivity contribution < 1.29 is 4.79 Å². The SMILES string of the molecule is Cc1cccc(NC(=O)Cn2c(=O)nc(NC3CCCC3)c3ccccc32)c1C. The number of nitrogens with one attached hydrogen (secondary N) is 2. The normalized spacial score (nSPS) is 14.3. The number of aryl methyl sites for hydroxylation is 1. The maximum atomic E-state index is 12.8. The van der Waals surface area contributed by atoms with Crippen LogP contribution in [0.1, 0.15) is 36.8 Å². The summed E-state index contributed by atoms with van der Waals surface area (Å²) in [6.45, 7) is 3.89. The highest BCUT2D eigenvalue weighted by Crippen LogP contribution is 2.25. The fourth-order valence-corrected chi connectivity index (χ4v) is 3.97. The molecule has 6 nitrogen and oxygen atoms in total. The molecule has 0 aliphatic heterocycles. The number of amides is 1. The molecule has 1 aromatic heterocycles. The summed E-state index contributed by atoms with van der Waals surface area (Å²) in [6.07, 6.45) is 4.59. The first-order valence-corrected chi connectivity index (χ1v) is 10.1. The van der Waals surface area contributed by atoms with Crippen LogP contribution < -0.4 is 16.3 Å². The van der Waals surface area contributed by atoms with Gasteiger partial charge in [-0.2, -0.15) is 4.98 Å². The number of rotatable bonds is 5. The molecule has 0 saturated heterocycles. The van der Waals surface area contributed by atoms with Crippen LogP contribution in [0.15, 0.2) is 47.3 Å². The van der Waals surface area contributed by atoms with Gasteiger partial charge in [-0.15, -0.1) is 0 Å². The molecule has 6 heteroatoms. The van der Waals surface area contributed by atoms with Gasteiger partial charge in [-0.25, -0.2) is 4.79 Å². The Kier molecular flexibility index (Phi) is 5.34. The smallest absolute Gasteiger partial charge is 0.350 e. The summed E-state index contributed by atoms with van der Waals surface area (Å²) in [5.74, 6) is 0.368. The molecule has 1 heterocycles. The lowest BCUT2D eigenvalue weighted by Crippen LogP contribution is -2.31. The molecule has 150 valence electrons. The molecule has 0 unspecified atom stereocenters. The molecule has 1 amide bonds. The Hall–Kier alpha value is -3.15. The second-order valence-electron chi connectivity index (χ2n) is 7.77. The van der Waals surface area contributed by atoms with E-state index < -0.39 is 5.69 Å². The molecule has 0 atom stereocenters. The molecular weight excluding hydrogens is 364 g/mol. The third-order valence-electron chi connectivity index (χ3n) is 5.76. The summed E-state index contributed by atoms with van der Waals surface area (Å²) in [5.41, 5.74) is 3.19. The maximum absolute atomic E-state index is 12.8. The Labute approximate surface area is 170 Å². The second kappa shape index (κ2) is 8.07. The Morgan fingerprint density at radius 2 is 1.86 bits per heavy atom. The average Bonchev–Trinajstić information content (AvgIpc) is 3.21. The van der Waals surface area contributed by atoms with Crippen LogP contribution in [-0.4, -0.2) is 21.5 Å². The molecule has 4 rings (SSSR count). The van der Waals surface area contributed by atoms with Crippen LogP contribution in [0.4, 0.5) is 11.5 Å². The Morgan fingerprint density at radius 3 is 2.66 bits per heavy atom. The fourth-order valence-electron chi connectivity index (χ4n) is 3.97. The largest absolute Gasteiger partial charge is 0.367 e. The Morgan fingerprint density at radius 1 is 1.10 bits per heavy atom. The number of carbonyl (C=O) groups excluding carboxylic acids is 1. The summed E-state index contributed by atoms with van der Waals surface area (Å²) in [4.78, 5) is 29.7. The van der Waals surface area contributed by atoms with E-state index in [1.165, 1.54) is 17.4 Å². The van der Waals surface area contributed by atoms with Gasteiger partial charge >= 0.3 is 5.69 Å². The second-order valence-corrected chi connectivity index (χ2v) is 7.77. The summed E-state index contributed by atoms with van der Waals surface area (Å²) in [6, 6.07) is 13.7. The molecule has 29 heavy (non-hydrogen) atoms. The van der Waals surface area contributed by atoms with Gasteiger partial charge in [0.05, 0.1) is 5.52 Å². The van der Waals surface area contributed by atoms with Crippen LogP contribution in [0, 0.1) is 13.8 Å². The monoisotopic (exact) mass is 390 g/mol. The number of fused-ring (bicyclic) bond motifs is 1. The van der Waals surface area contributed by atoms with E-state index in [0.29, 0.717) is 17.4 Å². The third-order valence-corrected chi connectivity index (χ3v) is 5.76. The Balaban J connectivity index is 1.63. The molecule has 0 radical (unpaired) electrons. The van der Waals surface area contributed by atoms with Crippen molar-refractivity contribution in [3.63, 3.8) is 0 Å². The minimum Gasteiger partial charge on any atom is -0.367 e. The van der Waals surface area contributed by atoms with Crippen molar-refractivity contribution in [1.82, 2.24) is 9.55 Å². The summed E-state index contributed by atoms with van der Waals surface area (Å²) >= 11 is 0. The number of hydrogen-bond acceptors (Lipinski definition) is 4. The predicted octanol–water partition coefficient (Wildman–Crippen LogP) is 4.01. The molecule has 1 saturated carbocycles. The zero-order valence-electron chi connectivity index (χ0n) is 16.9. The molecule has 1 fully saturated rings. The topological polar surface area (TPSA) is 76.0 Å². The van der Waals surface area contributed by atoms with Crippen molar-refractivity contribution in [1.29, 1.82) is 0 Å². The lowest BCUT2D eigenvalue weighted by atomic mass is 10.1. The zero-order chi connectivity index (χ0) is 20.4. The molecule has 0 spiro atoms. The number of benzene rings is 2. The van der Waals surface area contributed by atoms with Crippen LogP contribution in [0.2, 0.25) is 0 Å². The summed E-state index contributed by atoms with van der Waals surface area (Å²) in [7, 11) is 0. The lowest BCUT2D eigenvalue weighted by Gasteiger charge is -2.17. The van der Waals surface area contributed by atoms with Crippen molar-refractivity contribution in [2.45, 2.75) is 52.1 Å². The molecule has 2 N–H and O–H groups in total. The fraction of sp³-hybridized carbons (Fsp3) is 0.348. The Bertz CT molecular complexity index is 1110. The molecular formula is C23H26N4O2. The minimum absolute atomic E-state index is 0.0799. The van der Waals surface area contributed by atoms with Crippen molar-refractivity contribution in [3.05, 3.63) is 64.1 Å². The number of hydrogen-bond donors (Lipinski definition) is 2. The van der Waals surface area contributed by atoms with Crippen molar-refractivity contribution in [3.8, 4) is 0 Å². The lowest BCUT2D eigenvalue weighted by molar-refractivity contribution is -0.116. The van der Waals surface area contributed by atoms with Gasteiger partial charge in [-0.05, 0) is 56.0 Å². The zero-order valence-corrected chi connectivity index (χ0v) is 16.9. The average molecular weight is 390 g/mol. The van der Waals surface area contributed by atoms with Gasteiger partial charge in [0, 0.05) is 17.1 Å². The van der Waals surface area contributed by atoms with E-state index in [0.717, 1.165) is 35.0 Å². The predicted molar refractivity (Wildman–Crippen MR) is 116 cm³/mol. The minimum atomic E-state index is -0.416. The molecule has 3 aromatic rings. The van der Waals surface area contributed by atoms with Crippen LogP contribution in [0.25, 0.3) is 10.9 Å². The van der Waals surface area contributed by atoms with Gasteiger partial charge in [0.25, 0.3) is 0 Å². The van der Waals surface area contributed by atoms with Crippen molar-refractivity contribution >= 4 is 28.3 Å². The van der Waals surface area contributed by atoms with Crippen LogP contribution in [-0.2, 0) is 11.3 Å². The van der Waals surface area contributed by atoms with E-state index in [1.54, 1.807) is 0 Å². The number of anilines is 2. The van der Waals surface area contributed by atoms with Gasteiger partial charge in [0.15, 0.2) is 0 Å². The number of nitrogens with zero attached hydrogens (tertiary/aromatic N) is 2. The van der Waals surface area contributed by atoms with Gasteiger partial charge in [0.2, 0.25) is 5.91 Å². The van der Waals surface area contributed by atoms with Gasteiger partial charge < -0.3 is 10.6 Å². The van der Waals surface area contributed by atoms with E-state index >= 15 is 0 Å². The number of para-hydroxylation sites is 1. The van der Waals surface area contributed by atoms with Crippen LogP contribution in [0.5, 0.6) is 0 Å².